The number of rotatable bonds is 4. The highest BCUT2D eigenvalue weighted by Crippen LogP contribution is 2.26. The van der Waals surface area contributed by atoms with E-state index in [9.17, 15) is 25.1 Å². The summed E-state index contributed by atoms with van der Waals surface area (Å²) in [6.45, 7) is 0.115. The Labute approximate surface area is 114 Å². The maximum Gasteiger partial charge on any atom is 0.338 e. The van der Waals surface area contributed by atoms with Gasteiger partial charge in [-0.2, -0.15) is 0 Å². The molecule has 1 fully saturated rings. The van der Waals surface area contributed by atoms with E-state index in [0.717, 1.165) is 0 Å². The van der Waals surface area contributed by atoms with Gasteiger partial charge in [0.2, 0.25) is 0 Å². The van der Waals surface area contributed by atoms with Crippen LogP contribution in [-0.4, -0.2) is 39.9 Å². The lowest BCUT2D eigenvalue weighted by Crippen LogP contribution is -2.17. The topological polar surface area (TPSA) is 110 Å². The lowest BCUT2D eigenvalue weighted by atomic mass is 10.1. The van der Waals surface area contributed by atoms with E-state index in [1.54, 1.807) is 0 Å². The van der Waals surface area contributed by atoms with Crippen molar-refractivity contribution in [3.8, 4) is 0 Å². The Morgan fingerprint density at radius 1 is 1.25 bits per heavy atom. The Morgan fingerprint density at radius 3 is 2.30 bits per heavy atom. The molecule has 1 aliphatic carbocycles. The molecule has 2 atom stereocenters. The summed E-state index contributed by atoms with van der Waals surface area (Å²) in [5.74, 6) is -0.641. The molecule has 7 heteroatoms. The molecule has 2 N–H and O–H groups in total. The van der Waals surface area contributed by atoms with E-state index in [1.807, 2.05) is 0 Å². The number of nitrogens with zero attached hydrogens (tertiary/aromatic N) is 1. The van der Waals surface area contributed by atoms with Crippen molar-refractivity contribution in [3.63, 3.8) is 0 Å². The fourth-order valence-corrected chi connectivity index (χ4v) is 2.23. The Morgan fingerprint density at radius 2 is 1.80 bits per heavy atom. The number of nitro benzene ring substituents is 1. The van der Waals surface area contributed by atoms with Crippen molar-refractivity contribution in [2.24, 2.45) is 5.92 Å². The van der Waals surface area contributed by atoms with Crippen LogP contribution in [-0.2, 0) is 4.74 Å². The summed E-state index contributed by atoms with van der Waals surface area (Å²) >= 11 is 0. The zero-order chi connectivity index (χ0) is 14.7. The Hall–Kier alpha value is -1.99. The van der Waals surface area contributed by atoms with Gasteiger partial charge in [-0.1, -0.05) is 0 Å². The van der Waals surface area contributed by atoms with Crippen molar-refractivity contribution in [1.29, 1.82) is 0 Å². The van der Waals surface area contributed by atoms with Crippen LogP contribution in [0.5, 0.6) is 0 Å². The van der Waals surface area contributed by atoms with E-state index >= 15 is 0 Å². The highest BCUT2D eigenvalue weighted by Gasteiger charge is 2.32. The standard InChI is InChI=1S/C13H15NO6/c15-11-5-8(6-12(11)16)7-20-13(17)9-1-3-10(4-2-9)14(18)19/h1-4,8,11-12,15-16H,5-7H2. The summed E-state index contributed by atoms with van der Waals surface area (Å²) < 4.78 is 5.08. The molecule has 0 amide bonds. The Bertz CT molecular complexity index is 490. The molecule has 20 heavy (non-hydrogen) atoms. The SMILES string of the molecule is O=C(OCC1CC(O)C(O)C1)c1ccc([N+](=O)[O-])cc1. The molecule has 0 heterocycles. The van der Waals surface area contributed by atoms with Gasteiger partial charge >= 0.3 is 5.97 Å². The van der Waals surface area contributed by atoms with Crippen LogP contribution in [0, 0.1) is 16.0 Å². The molecule has 2 unspecified atom stereocenters. The molecule has 0 aromatic heterocycles. The minimum absolute atomic E-state index is 0.0676. The van der Waals surface area contributed by atoms with Crippen molar-refractivity contribution in [2.45, 2.75) is 25.0 Å². The largest absolute Gasteiger partial charge is 0.462 e. The summed E-state index contributed by atoms with van der Waals surface area (Å²) in [5, 5.41) is 29.2. The molecule has 7 nitrogen and oxygen atoms in total. The van der Waals surface area contributed by atoms with Crippen LogP contribution in [0.4, 0.5) is 5.69 Å². The summed E-state index contributed by atoms with van der Waals surface area (Å²) in [5.41, 5.74) is 0.137. The number of nitro groups is 1. The third-order valence-electron chi connectivity index (χ3n) is 3.36. The molecule has 2 rings (SSSR count). The molecule has 1 aromatic carbocycles. The number of benzene rings is 1. The lowest BCUT2D eigenvalue weighted by molar-refractivity contribution is -0.384. The van der Waals surface area contributed by atoms with Gasteiger partial charge in [0.05, 0.1) is 29.3 Å². The van der Waals surface area contributed by atoms with Gasteiger partial charge in [-0.3, -0.25) is 10.1 Å². The highest BCUT2D eigenvalue weighted by molar-refractivity contribution is 5.89. The number of aliphatic hydroxyl groups is 2. The van der Waals surface area contributed by atoms with E-state index in [1.165, 1.54) is 24.3 Å². The third kappa shape index (κ3) is 3.31. The summed E-state index contributed by atoms with van der Waals surface area (Å²) in [7, 11) is 0. The lowest BCUT2D eigenvalue weighted by Gasteiger charge is -2.09. The molecule has 0 radical (unpaired) electrons. The van der Waals surface area contributed by atoms with Crippen molar-refractivity contribution in [2.75, 3.05) is 6.61 Å². The second-order valence-electron chi connectivity index (χ2n) is 4.87. The molecule has 0 aliphatic heterocycles. The van der Waals surface area contributed by atoms with Gasteiger partial charge in [-0.05, 0) is 30.9 Å². The maximum atomic E-state index is 11.7. The average Bonchev–Trinajstić information content (AvgIpc) is 2.75. The zero-order valence-corrected chi connectivity index (χ0v) is 10.6. The van der Waals surface area contributed by atoms with Gasteiger partial charge in [0, 0.05) is 12.1 Å². The third-order valence-corrected chi connectivity index (χ3v) is 3.36. The van der Waals surface area contributed by atoms with Gasteiger partial charge in [0.15, 0.2) is 0 Å². The number of aliphatic hydroxyl groups excluding tert-OH is 2. The normalized spacial score (nSPS) is 25.4. The van der Waals surface area contributed by atoms with Crippen LogP contribution in [0.15, 0.2) is 24.3 Å². The van der Waals surface area contributed by atoms with Crippen molar-refractivity contribution in [1.82, 2.24) is 0 Å². The number of hydrogen-bond acceptors (Lipinski definition) is 6. The Kier molecular flexibility index (Phi) is 4.31. The molecule has 0 spiro atoms. The predicted molar refractivity (Wildman–Crippen MR) is 68.1 cm³/mol. The quantitative estimate of drug-likeness (QED) is 0.481. The predicted octanol–water partition coefficient (Wildman–Crippen LogP) is 0.883. The smallest absolute Gasteiger partial charge is 0.338 e. The highest BCUT2D eigenvalue weighted by atomic mass is 16.6. The number of ether oxygens (including phenoxy) is 1. The van der Waals surface area contributed by atoms with E-state index in [0.29, 0.717) is 12.8 Å². The van der Waals surface area contributed by atoms with Gasteiger partial charge in [-0.15, -0.1) is 0 Å². The first-order valence-electron chi connectivity index (χ1n) is 6.25. The van der Waals surface area contributed by atoms with Crippen LogP contribution in [0.3, 0.4) is 0 Å². The van der Waals surface area contributed by atoms with E-state index in [2.05, 4.69) is 0 Å². The van der Waals surface area contributed by atoms with Gasteiger partial charge in [-0.25, -0.2) is 4.79 Å². The van der Waals surface area contributed by atoms with Crippen LogP contribution < -0.4 is 0 Å². The summed E-state index contributed by atoms with van der Waals surface area (Å²) in [6.07, 6.45) is -0.736. The molecule has 0 bridgehead atoms. The Balaban J connectivity index is 1.87. The first-order chi connectivity index (χ1) is 9.47. The van der Waals surface area contributed by atoms with Crippen molar-refractivity contribution in [3.05, 3.63) is 39.9 Å². The number of esters is 1. The average molecular weight is 281 g/mol. The fraction of sp³-hybridized carbons (Fsp3) is 0.462. The summed E-state index contributed by atoms with van der Waals surface area (Å²) in [4.78, 5) is 21.7. The second kappa shape index (κ2) is 5.98. The van der Waals surface area contributed by atoms with Crippen molar-refractivity contribution < 1.29 is 24.7 Å². The van der Waals surface area contributed by atoms with E-state index in [4.69, 9.17) is 4.74 Å². The summed E-state index contributed by atoms with van der Waals surface area (Å²) in [6, 6.07) is 5.14. The zero-order valence-electron chi connectivity index (χ0n) is 10.6. The molecule has 1 saturated carbocycles. The number of hydrogen-bond donors (Lipinski definition) is 2. The van der Waals surface area contributed by atoms with E-state index in [-0.39, 0.29) is 23.8 Å². The number of carbonyl (C=O) groups excluding carboxylic acids is 1. The van der Waals surface area contributed by atoms with Crippen LogP contribution >= 0.6 is 0 Å². The number of carbonyl (C=O) groups is 1. The van der Waals surface area contributed by atoms with E-state index < -0.39 is 23.1 Å². The van der Waals surface area contributed by atoms with Gasteiger partial charge in [0.25, 0.3) is 5.69 Å². The molecule has 1 aromatic rings. The monoisotopic (exact) mass is 281 g/mol. The maximum absolute atomic E-state index is 11.7. The molecule has 0 saturated heterocycles. The van der Waals surface area contributed by atoms with Crippen LogP contribution in [0.1, 0.15) is 23.2 Å². The van der Waals surface area contributed by atoms with Crippen LogP contribution in [0.25, 0.3) is 0 Å². The molecular weight excluding hydrogens is 266 g/mol. The molecular formula is C13H15NO6. The molecule has 1 aliphatic rings. The van der Waals surface area contributed by atoms with Gasteiger partial charge < -0.3 is 14.9 Å². The fourth-order valence-electron chi connectivity index (χ4n) is 2.23. The van der Waals surface area contributed by atoms with Crippen LogP contribution in [0.2, 0.25) is 0 Å². The van der Waals surface area contributed by atoms with Gasteiger partial charge in [0.1, 0.15) is 0 Å². The second-order valence-corrected chi connectivity index (χ2v) is 4.87. The first kappa shape index (κ1) is 14.4. The molecule has 108 valence electrons. The minimum Gasteiger partial charge on any atom is -0.462 e. The minimum atomic E-state index is -0.766. The number of non-ortho nitro benzene ring substituents is 1. The van der Waals surface area contributed by atoms with Crippen molar-refractivity contribution >= 4 is 11.7 Å². The first-order valence-corrected chi connectivity index (χ1v) is 6.25.